The molecule has 1 aromatic carbocycles. The first-order chi connectivity index (χ1) is 10.5. The first-order valence-electron chi connectivity index (χ1n) is 7.24. The molecule has 116 valence electrons. The number of aromatic nitrogens is 1. The number of aryl methyl sites for hydroxylation is 3. The minimum absolute atomic E-state index is 0.220. The fraction of sp³-hybridized carbons (Fsp3) is 0.412. The van der Waals surface area contributed by atoms with Crippen LogP contribution in [0.3, 0.4) is 0 Å². The van der Waals surface area contributed by atoms with Gasteiger partial charge in [-0.3, -0.25) is 0 Å². The molecule has 2 rings (SSSR count). The number of hydrogen-bond donors (Lipinski definition) is 0. The molecule has 1 atom stereocenters. The third kappa shape index (κ3) is 3.80. The zero-order chi connectivity index (χ0) is 16.1. The molecule has 0 spiro atoms. The molecular weight excluding hydrogens is 300 g/mol. The molecule has 0 bridgehead atoms. The quantitative estimate of drug-likeness (QED) is 0.723. The maximum absolute atomic E-state index is 9.36. The van der Waals surface area contributed by atoms with Crippen molar-refractivity contribution < 1.29 is 9.26 Å². The van der Waals surface area contributed by atoms with Gasteiger partial charge in [0.05, 0.1) is 29.3 Å². The van der Waals surface area contributed by atoms with Crippen LogP contribution in [0, 0.1) is 32.1 Å². The molecule has 0 fully saturated rings. The van der Waals surface area contributed by atoms with E-state index in [0.29, 0.717) is 29.6 Å². The Morgan fingerprint density at radius 2 is 2.14 bits per heavy atom. The van der Waals surface area contributed by atoms with Gasteiger partial charge in [0, 0.05) is 5.56 Å². The zero-order valence-electron chi connectivity index (χ0n) is 13.0. The molecule has 0 amide bonds. The van der Waals surface area contributed by atoms with Crippen molar-refractivity contribution in [3.05, 3.63) is 45.8 Å². The van der Waals surface area contributed by atoms with Crippen LogP contribution in [0.1, 0.15) is 41.3 Å². The van der Waals surface area contributed by atoms with Crippen LogP contribution in [-0.2, 0) is 0 Å². The van der Waals surface area contributed by atoms with E-state index in [4.69, 9.17) is 20.9 Å². The van der Waals surface area contributed by atoms with Gasteiger partial charge in [-0.25, -0.2) is 0 Å². The molecule has 1 unspecified atom stereocenters. The number of nitriles is 1. The highest BCUT2D eigenvalue weighted by Crippen LogP contribution is 2.28. The lowest BCUT2D eigenvalue weighted by Crippen LogP contribution is -2.04. The van der Waals surface area contributed by atoms with Gasteiger partial charge in [0.15, 0.2) is 0 Å². The van der Waals surface area contributed by atoms with Crippen LogP contribution in [0.2, 0.25) is 5.02 Å². The van der Waals surface area contributed by atoms with Crippen LogP contribution in [0.15, 0.2) is 22.7 Å². The van der Waals surface area contributed by atoms with Crippen molar-refractivity contribution in [2.75, 3.05) is 6.61 Å². The average molecular weight is 319 g/mol. The van der Waals surface area contributed by atoms with Gasteiger partial charge >= 0.3 is 0 Å². The van der Waals surface area contributed by atoms with E-state index in [1.807, 2.05) is 39.0 Å². The van der Waals surface area contributed by atoms with Crippen molar-refractivity contribution in [1.29, 1.82) is 5.26 Å². The SMILES string of the molecule is Cc1ccc(Cl)c(OCCCC(C#N)c2c(C)noc2C)c1. The van der Waals surface area contributed by atoms with Crippen molar-refractivity contribution >= 4 is 11.6 Å². The standard InChI is InChI=1S/C17H19ClN2O2/c1-11-6-7-15(18)16(9-11)21-8-4-5-14(10-19)17-12(2)20-22-13(17)3/h6-7,9,14H,4-5,8H2,1-3H3. The van der Waals surface area contributed by atoms with Crippen LogP contribution in [0.4, 0.5) is 0 Å². The van der Waals surface area contributed by atoms with E-state index in [1.165, 1.54) is 0 Å². The molecular formula is C17H19ClN2O2. The largest absolute Gasteiger partial charge is 0.492 e. The molecule has 22 heavy (non-hydrogen) atoms. The first-order valence-corrected chi connectivity index (χ1v) is 7.62. The second-order valence-electron chi connectivity index (χ2n) is 5.34. The second-order valence-corrected chi connectivity index (χ2v) is 5.75. The Balaban J connectivity index is 1.90. The van der Waals surface area contributed by atoms with Crippen LogP contribution >= 0.6 is 11.6 Å². The summed E-state index contributed by atoms with van der Waals surface area (Å²) in [6.07, 6.45) is 1.45. The van der Waals surface area contributed by atoms with Gasteiger partial charge in [-0.2, -0.15) is 5.26 Å². The van der Waals surface area contributed by atoms with Gasteiger partial charge in [-0.05, 0) is 51.3 Å². The summed E-state index contributed by atoms with van der Waals surface area (Å²) in [5.74, 6) is 1.18. The molecule has 0 N–H and O–H groups in total. The van der Waals surface area contributed by atoms with Crippen LogP contribution in [-0.4, -0.2) is 11.8 Å². The van der Waals surface area contributed by atoms with E-state index in [-0.39, 0.29) is 5.92 Å². The number of ether oxygens (including phenoxy) is 1. The van der Waals surface area contributed by atoms with Crippen molar-refractivity contribution in [1.82, 2.24) is 5.16 Å². The Hall–Kier alpha value is -1.99. The Labute approximate surface area is 135 Å². The summed E-state index contributed by atoms with van der Waals surface area (Å²) in [5.41, 5.74) is 2.79. The molecule has 0 aliphatic heterocycles. The smallest absolute Gasteiger partial charge is 0.138 e. The van der Waals surface area contributed by atoms with Crippen molar-refractivity contribution in [3.8, 4) is 11.8 Å². The van der Waals surface area contributed by atoms with Crippen LogP contribution < -0.4 is 4.74 Å². The van der Waals surface area contributed by atoms with E-state index >= 15 is 0 Å². The third-order valence-electron chi connectivity index (χ3n) is 3.57. The number of nitrogens with zero attached hydrogens (tertiary/aromatic N) is 2. The average Bonchev–Trinajstić information content (AvgIpc) is 2.82. The van der Waals surface area contributed by atoms with Gasteiger partial charge in [0.25, 0.3) is 0 Å². The van der Waals surface area contributed by atoms with Gasteiger partial charge in [-0.1, -0.05) is 22.8 Å². The van der Waals surface area contributed by atoms with E-state index < -0.39 is 0 Å². The topological polar surface area (TPSA) is 59.0 Å². The van der Waals surface area contributed by atoms with Crippen molar-refractivity contribution in [3.63, 3.8) is 0 Å². The lowest BCUT2D eigenvalue weighted by molar-refractivity contribution is 0.304. The minimum atomic E-state index is -0.220. The number of benzene rings is 1. The normalized spacial score (nSPS) is 12.0. The second kappa shape index (κ2) is 7.33. The lowest BCUT2D eigenvalue weighted by atomic mass is 9.94. The van der Waals surface area contributed by atoms with E-state index in [0.717, 1.165) is 23.2 Å². The Bertz CT molecular complexity index is 669. The monoisotopic (exact) mass is 318 g/mol. The third-order valence-corrected chi connectivity index (χ3v) is 3.89. The molecule has 0 radical (unpaired) electrons. The molecule has 0 saturated carbocycles. The summed E-state index contributed by atoms with van der Waals surface area (Å²) in [7, 11) is 0. The van der Waals surface area contributed by atoms with E-state index in [1.54, 1.807) is 0 Å². The van der Waals surface area contributed by atoms with E-state index in [2.05, 4.69) is 11.2 Å². The highest BCUT2D eigenvalue weighted by atomic mass is 35.5. The van der Waals surface area contributed by atoms with Gasteiger partial charge in [0.2, 0.25) is 0 Å². The maximum Gasteiger partial charge on any atom is 0.138 e. The number of hydrogen-bond acceptors (Lipinski definition) is 4. The van der Waals surface area contributed by atoms with E-state index in [9.17, 15) is 5.26 Å². The molecule has 0 aliphatic rings. The summed E-state index contributed by atoms with van der Waals surface area (Å²) in [6, 6.07) is 8.01. The number of halogens is 1. The first kappa shape index (κ1) is 16.4. The maximum atomic E-state index is 9.36. The van der Waals surface area contributed by atoms with Crippen LogP contribution in [0.25, 0.3) is 0 Å². The predicted octanol–water partition coefficient (Wildman–Crippen LogP) is 4.72. The van der Waals surface area contributed by atoms with Crippen LogP contribution in [0.5, 0.6) is 5.75 Å². The van der Waals surface area contributed by atoms with Crippen molar-refractivity contribution in [2.45, 2.75) is 39.5 Å². The number of rotatable bonds is 6. The fourth-order valence-electron chi connectivity index (χ4n) is 2.45. The molecule has 4 nitrogen and oxygen atoms in total. The Morgan fingerprint density at radius 3 is 2.77 bits per heavy atom. The molecule has 1 aromatic heterocycles. The zero-order valence-corrected chi connectivity index (χ0v) is 13.8. The Morgan fingerprint density at radius 1 is 1.36 bits per heavy atom. The van der Waals surface area contributed by atoms with Gasteiger partial charge in [0.1, 0.15) is 11.5 Å². The van der Waals surface area contributed by atoms with Gasteiger partial charge in [-0.15, -0.1) is 0 Å². The van der Waals surface area contributed by atoms with Gasteiger partial charge < -0.3 is 9.26 Å². The highest BCUT2D eigenvalue weighted by Gasteiger charge is 2.19. The predicted molar refractivity (Wildman–Crippen MR) is 85.2 cm³/mol. The molecule has 0 aliphatic carbocycles. The lowest BCUT2D eigenvalue weighted by Gasteiger charge is -2.11. The summed E-state index contributed by atoms with van der Waals surface area (Å²) >= 11 is 6.09. The summed E-state index contributed by atoms with van der Waals surface area (Å²) < 4.78 is 10.8. The summed E-state index contributed by atoms with van der Waals surface area (Å²) in [4.78, 5) is 0. The highest BCUT2D eigenvalue weighted by molar-refractivity contribution is 6.32. The van der Waals surface area contributed by atoms with Crippen molar-refractivity contribution in [2.24, 2.45) is 0 Å². The Kier molecular flexibility index (Phi) is 5.46. The summed E-state index contributed by atoms with van der Waals surface area (Å²) in [5, 5.41) is 13.9. The molecule has 0 saturated heterocycles. The molecule has 1 heterocycles. The molecule has 2 aromatic rings. The minimum Gasteiger partial charge on any atom is -0.492 e. The molecule has 5 heteroatoms. The summed E-state index contributed by atoms with van der Waals surface area (Å²) in [6.45, 7) is 6.21. The fourth-order valence-corrected chi connectivity index (χ4v) is 2.62.